The first kappa shape index (κ1) is 11.6. The van der Waals surface area contributed by atoms with Gasteiger partial charge in [-0.05, 0) is 48.7 Å². The first-order valence-electron chi connectivity index (χ1n) is 6.37. The highest BCUT2D eigenvalue weighted by Crippen LogP contribution is 2.27. The molecule has 0 saturated carbocycles. The maximum Gasteiger partial charge on any atom is 0.124 e. The summed E-state index contributed by atoms with van der Waals surface area (Å²) in [7, 11) is 0. The molecule has 3 rings (SSSR count). The molecule has 2 aliphatic rings. The van der Waals surface area contributed by atoms with Crippen molar-refractivity contribution in [2.24, 2.45) is 11.8 Å². The van der Waals surface area contributed by atoms with Crippen LogP contribution >= 0.6 is 0 Å². The van der Waals surface area contributed by atoms with E-state index >= 15 is 0 Å². The van der Waals surface area contributed by atoms with Crippen LogP contribution in [0.3, 0.4) is 0 Å². The van der Waals surface area contributed by atoms with Crippen molar-refractivity contribution >= 4 is 0 Å². The van der Waals surface area contributed by atoms with Gasteiger partial charge in [0.25, 0.3) is 0 Å². The molecule has 0 amide bonds. The standard InChI is InChI=1S/C14H16FN3/c15-14-2-10(4-16)1-11(3-14)7-18-8-12-5-17-6-13(12)9-18/h1-3,12-13,17H,5-9H2. The van der Waals surface area contributed by atoms with E-state index in [1.54, 1.807) is 6.07 Å². The van der Waals surface area contributed by atoms with Crippen LogP contribution in [0.4, 0.5) is 4.39 Å². The number of halogens is 1. The molecule has 2 aliphatic heterocycles. The molecule has 1 aromatic carbocycles. The van der Waals surface area contributed by atoms with Crippen molar-refractivity contribution in [3.8, 4) is 6.07 Å². The Hall–Kier alpha value is -1.44. The van der Waals surface area contributed by atoms with Crippen molar-refractivity contribution in [3.63, 3.8) is 0 Å². The molecule has 4 heteroatoms. The summed E-state index contributed by atoms with van der Waals surface area (Å²) in [6.07, 6.45) is 0. The van der Waals surface area contributed by atoms with Gasteiger partial charge in [0.2, 0.25) is 0 Å². The van der Waals surface area contributed by atoms with Crippen LogP contribution < -0.4 is 5.32 Å². The van der Waals surface area contributed by atoms with E-state index < -0.39 is 0 Å². The molecule has 2 heterocycles. The van der Waals surface area contributed by atoms with Crippen molar-refractivity contribution in [2.45, 2.75) is 6.54 Å². The fourth-order valence-corrected chi connectivity index (χ4v) is 3.15. The molecule has 3 nitrogen and oxygen atoms in total. The number of hydrogen-bond donors (Lipinski definition) is 1. The van der Waals surface area contributed by atoms with Crippen LogP contribution in [-0.4, -0.2) is 31.1 Å². The molecule has 0 radical (unpaired) electrons. The second kappa shape index (κ2) is 4.68. The second-order valence-corrected chi connectivity index (χ2v) is 5.33. The fourth-order valence-electron chi connectivity index (χ4n) is 3.15. The van der Waals surface area contributed by atoms with Crippen LogP contribution in [0, 0.1) is 29.0 Å². The lowest BCUT2D eigenvalue weighted by molar-refractivity contribution is 0.305. The third kappa shape index (κ3) is 2.24. The van der Waals surface area contributed by atoms with Gasteiger partial charge >= 0.3 is 0 Å². The average Bonchev–Trinajstić information content (AvgIpc) is 2.88. The number of nitrogens with zero attached hydrogens (tertiary/aromatic N) is 2. The molecule has 2 saturated heterocycles. The molecule has 0 spiro atoms. The van der Waals surface area contributed by atoms with Gasteiger partial charge in [0.15, 0.2) is 0 Å². The lowest BCUT2D eigenvalue weighted by atomic mass is 10.0. The van der Waals surface area contributed by atoms with Crippen molar-refractivity contribution in [1.29, 1.82) is 5.26 Å². The predicted octanol–water partition coefficient (Wildman–Crippen LogP) is 1.35. The summed E-state index contributed by atoms with van der Waals surface area (Å²) in [5, 5.41) is 12.2. The largest absolute Gasteiger partial charge is 0.316 e. The highest BCUT2D eigenvalue weighted by molar-refractivity contribution is 5.33. The Morgan fingerprint density at radius 1 is 1.28 bits per heavy atom. The molecule has 0 aromatic heterocycles. The van der Waals surface area contributed by atoms with Gasteiger partial charge in [-0.25, -0.2) is 4.39 Å². The van der Waals surface area contributed by atoms with E-state index in [0.29, 0.717) is 5.56 Å². The third-order valence-electron chi connectivity index (χ3n) is 3.96. The van der Waals surface area contributed by atoms with Crippen LogP contribution in [0.25, 0.3) is 0 Å². The van der Waals surface area contributed by atoms with Crippen molar-refractivity contribution in [2.75, 3.05) is 26.2 Å². The molecule has 94 valence electrons. The summed E-state index contributed by atoms with van der Waals surface area (Å²) < 4.78 is 13.3. The van der Waals surface area contributed by atoms with E-state index in [2.05, 4.69) is 10.2 Å². The highest BCUT2D eigenvalue weighted by Gasteiger charge is 2.35. The number of nitrogens with one attached hydrogen (secondary N) is 1. The smallest absolute Gasteiger partial charge is 0.124 e. The molecular weight excluding hydrogens is 229 g/mol. The third-order valence-corrected chi connectivity index (χ3v) is 3.96. The van der Waals surface area contributed by atoms with Crippen LogP contribution in [0.1, 0.15) is 11.1 Å². The fraction of sp³-hybridized carbons (Fsp3) is 0.500. The van der Waals surface area contributed by atoms with Gasteiger partial charge in [-0.15, -0.1) is 0 Å². The van der Waals surface area contributed by atoms with Gasteiger partial charge in [0, 0.05) is 19.6 Å². The van der Waals surface area contributed by atoms with Gasteiger partial charge in [-0.1, -0.05) is 0 Å². The number of benzene rings is 1. The highest BCUT2D eigenvalue weighted by atomic mass is 19.1. The van der Waals surface area contributed by atoms with Crippen LogP contribution in [0.15, 0.2) is 18.2 Å². The van der Waals surface area contributed by atoms with Gasteiger partial charge in [-0.3, -0.25) is 4.90 Å². The van der Waals surface area contributed by atoms with Crippen molar-refractivity contribution in [1.82, 2.24) is 10.2 Å². The summed E-state index contributed by atoms with van der Waals surface area (Å²) >= 11 is 0. The van der Waals surface area contributed by atoms with Gasteiger partial charge < -0.3 is 5.32 Å². The molecule has 2 fully saturated rings. The van der Waals surface area contributed by atoms with Crippen LogP contribution in [-0.2, 0) is 6.54 Å². The van der Waals surface area contributed by atoms with E-state index in [0.717, 1.165) is 50.1 Å². The average molecular weight is 245 g/mol. The molecule has 0 aliphatic carbocycles. The van der Waals surface area contributed by atoms with Gasteiger partial charge in [-0.2, -0.15) is 5.26 Å². The minimum atomic E-state index is -0.315. The minimum absolute atomic E-state index is 0.315. The molecule has 0 bridgehead atoms. The molecule has 1 aromatic rings. The molecular formula is C14H16FN3. The van der Waals surface area contributed by atoms with Crippen LogP contribution in [0.5, 0.6) is 0 Å². The summed E-state index contributed by atoms with van der Waals surface area (Å²) in [4.78, 5) is 2.37. The second-order valence-electron chi connectivity index (χ2n) is 5.33. The van der Waals surface area contributed by atoms with Crippen molar-refractivity contribution in [3.05, 3.63) is 35.1 Å². The molecule has 1 N–H and O–H groups in total. The number of rotatable bonds is 2. The zero-order valence-electron chi connectivity index (χ0n) is 10.2. The van der Waals surface area contributed by atoms with E-state index in [-0.39, 0.29) is 5.82 Å². The van der Waals surface area contributed by atoms with E-state index in [1.165, 1.54) is 12.1 Å². The summed E-state index contributed by atoms with van der Waals surface area (Å²) in [5.74, 6) is 1.17. The van der Waals surface area contributed by atoms with E-state index in [9.17, 15) is 4.39 Å². The zero-order chi connectivity index (χ0) is 12.5. The number of likely N-dealkylation sites (tertiary alicyclic amines) is 1. The SMILES string of the molecule is N#Cc1cc(F)cc(CN2CC3CNCC3C2)c1. The Morgan fingerprint density at radius 2 is 2.00 bits per heavy atom. The van der Waals surface area contributed by atoms with Crippen LogP contribution in [0.2, 0.25) is 0 Å². The van der Waals surface area contributed by atoms with Gasteiger partial charge in [0.1, 0.15) is 5.82 Å². The summed E-state index contributed by atoms with van der Waals surface area (Å²) in [6, 6.07) is 6.61. The van der Waals surface area contributed by atoms with Gasteiger partial charge in [0.05, 0.1) is 11.6 Å². The Balaban J connectivity index is 1.70. The quantitative estimate of drug-likeness (QED) is 0.855. The maximum atomic E-state index is 13.3. The lowest BCUT2D eigenvalue weighted by Gasteiger charge is -2.17. The maximum absolute atomic E-state index is 13.3. The van der Waals surface area contributed by atoms with E-state index in [4.69, 9.17) is 5.26 Å². The monoisotopic (exact) mass is 245 g/mol. The predicted molar refractivity (Wildman–Crippen MR) is 66.2 cm³/mol. The number of fused-ring (bicyclic) bond motifs is 1. The number of hydrogen-bond acceptors (Lipinski definition) is 3. The minimum Gasteiger partial charge on any atom is -0.316 e. The summed E-state index contributed by atoms with van der Waals surface area (Å²) in [5.41, 5.74) is 1.31. The Labute approximate surface area is 106 Å². The Kier molecular flexibility index (Phi) is 3.02. The molecule has 2 atom stereocenters. The lowest BCUT2D eigenvalue weighted by Crippen LogP contribution is -2.25. The number of nitriles is 1. The Bertz CT molecular complexity index is 482. The van der Waals surface area contributed by atoms with E-state index in [1.807, 2.05) is 6.07 Å². The molecule has 18 heavy (non-hydrogen) atoms. The molecule has 2 unspecified atom stereocenters. The summed E-state index contributed by atoms with van der Waals surface area (Å²) in [6.45, 7) is 5.12. The topological polar surface area (TPSA) is 39.1 Å². The first-order valence-corrected chi connectivity index (χ1v) is 6.37. The zero-order valence-corrected chi connectivity index (χ0v) is 10.2. The van der Waals surface area contributed by atoms with Crippen molar-refractivity contribution < 1.29 is 4.39 Å². The Morgan fingerprint density at radius 3 is 2.67 bits per heavy atom. The normalized spacial score (nSPS) is 27.1. The first-order chi connectivity index (χ1) is 8.74.